The first kappa shape index (κ1) is 14.8. The molecule has 0 unspecified atom stereocenters. The molecule has 1 rings (SSSR count). The zero-order valence-corrected chi connectivity index (χ0v) is 11.5. The van der Waals surface area contributed by atoms with Crippen molar-refractivity contribution in [3.8, 4) is 0 Å². The van der Waals surface area contributed by atoms with Crippen LogP contribution in [0.3, 0.4) is 0 Å². The molecule has 0 bridgehead atoms. The Morgan fingerprint density at radius 2 is 2.11 bits per heavy atom. The van der Waals surface area contributed by atoms with E-state index >= 15 is 0 Å². The lowest BCUT2D eigenvalue weighted by Gasteiger charge is -2.22. The predicted octanol–water partition coefficient (Wildman–Crippen LogP) is 3.47. The Balaban J connectivity index is 2.38. The fourth-order valence-electron chi connectivity index (χ4n) is 1.52. The molecule has 0 aromatic heterocycles. The van der Waals surface area contributed by atoms with E-state index in [2.05, 4.69) is 5.16 Å². The Labute approximate surface area is 111 Å². The Hall–Kier alpha value is -1.23. The second kappa shape index (κ2) is 6.64. The lowest BCUT2D eigenvalue weighted by Crippen LogP contribution is -2.31. The van der Waals surface area contributed by atoms with Crippen LogP contribution in [0.2, 0.25) is 0 Å². The molecule has 0 saturated heterocycles. The number of amidine groups is 1. The van der Waals surface area contributed by atoms with E-state index < -0.39 is 0 Å². The molecule has 3 N–H and O–H groups in total. The van der Waals surface area contributed by atoms with Crippen LogP contribution in [0.5, 0.6) is 0 Å². The summed E-state index contributed by atoms with van der Waals surface area (Å²) < 4.78 is 13.3. The van der Waals surface area contributed by atoms with Crippen LogP contribution in [0.15, 0.2) is 34.3 Å². The first-order valence-corrected chi connectivity index (χ1v) is 6.81. The van der Waals surface area contributed by atoms with Crippen LogP contribution >= 0.6 is 11.8 Å². The molecule has 0 saturated carbocycles. The summed E-state index contributed by atoms with van der Waals surface area (Å²) in [6.07, 6.45) is 1.67. The molecule has 3 nitrogen and oxygen atoms in total. The fraction of sp³-hybridized carbons (Fsp3) is 0.462. The maximum atomic E-state index is 13.3. The van der Waals surface area contributed by atoms with Gasteiger partial charge in [0.2, 0.25) is 0 Å². The topological polar surface area (TPSA) is 58.6 Å². The van der Waals surface area contributed by atoms with Crippen LogP contribution in [-0.2, 0) is 0 Å². The van der Waals surface area contributed by atoms with Crippen LogP contribution < -0.4 is 5.73 Å². The Morgan fingerprint density at radius 3 is 2.72 bits per heavy atom. The quantitative estimate of drug-likeness (QED) is 0.208. The first-order valence-electron chi connectivity index (χ1n) is 5.82. The van der Waals surface area contributed by atoms with Crippen LogP contribution in [0, 0.1) is 11.2 Å². The molecular weight excluding hydrogens is 251 g/mol. The molecule has 1 aromatic rings. The summed E-state index contributed by atoms with van der Waals surface area (Å²) >= 11 is 1.49. The third kappa shape index (κ3) is 4.22. The minimum absolute atomic E-state index is 0.182. The zero-order valence-electron chi connectivity index (χ0n) is 10.7. The first-order chi connectivity index (χ1) is 8.47. The van der Waals surface area contributed by atoms with E-state index in [0.29, 0.717) is 4.90 Å². The molecule has 0 spiro atoms. The maximum Gasteiger partial charge on any atom is 0.144 e. The van der Waals surface area contributed by atoms with Crippen LogP contribution in [0.4, 0.5) is 4.39 Å². The molecule has 0 aliphatic carbocycles. The maximum absolute atomic E-state index is 13.3. The number of nitrogens with zero attached hydrogens (tertiary/aromatic N) is 1. The van der Waals surface area contributed by atoms with E-state index in [-0.39, 0.29) is 17.1 Å². The minimum Gasteiger partial charge on any atom is -0.409 e. The van der Waals surface area contributed by atoms with Gasteiger partial charge in [0, 0.05) is 10.3 Å². The SMILES string of the molecule is CC(C)(CCCSc1ccccc1F)C(N)=NO. The Morgan fingerprint density at radius 1 is 1.44 bits per heavy atom. The summed E-state index contributed by atoms with van der Waals surface area (Å²) in [7, 11) is 0. The van der Waals surface area contributed by atoms with Gasteiger partial charge >= 0.3 is 0 Å². The van der Waals surface area contributed by atoms with Gasteiger partial charge in [-0.1, -0.05) is 31.1 Å². The number of oxime groups is 1. The van der Waals surface area contributed by atoms with Crippen molar-refractivity contribution in [1.29, 1.82) is 0 Å². The van der Waals surface area contributed by atoms with Crippen molar-refractivity contribution in [2.75, 3.05) is 5.75 Å². The second-order valence-corrected chi connectivity index (χ2v) is 5.89. The Kier molecular flexibility index (Phi) is 5.47. The lowest BCUT2D eigenvalue weighted by atomic mass is 9.87. The monoisotopic (exact) mass is 270 g/mol. The highest BCUT2D eigenvalue weighted by atomic mass is 32.2. The average molecular weight is 270 g/mol. The van der Waals surface area contributed by atoms with Crippen LogP contribution in [0.1, 0.15) is 26.7 Å². The summed E-state index contributed by atoms with van der Waals surface area (Å²) in [4.78, 5) is 0.666. The van der Waals surface area contributed by atoms with Gasteiger partial charge in [-0.25, -0.2) is 4.39 Å². The zero-order chi connectivity index (χ0) is 13.6. The predicted molar refractivity (Wildman–Crippen MR) is 73.5 cm³/mol. The van der Waals surface area contributed by atoms with Crippen molar-refractivity contribution in [3.05, 3.63) is 30.1 Å². The van der Waals surface area contributed by atoms with E-state index in [9.17, 15) is 4.39 Å². The molecule has 0 heterocycles. The van der Waals surface area contributed by atoms with Crippen LogP contribution in [-0.4, -0.2) is 16.8 Å². The molecule has 0 aliphatic rings. The summed E-state index contributed by atoms with van der Waals surface area (Å²) in [6.45, 7) is 3.85. The summed E-state index contributed by atoms with van der Waals surface area (Å²) in [6, 6.07) is 6.74. The van der Waals surface area contributed by atoms with Crippen molar-refractivity contribution in [3.63, 3.8) is 0 Å². The molecular formula is C13H19FN2OS. The highest BCUT2D eigenvalue weighted by Crippen LogP contribution is 2.27. The van der Waals surface area contributed by atoms with Gasteiger partial charge in [-0.15, -0.1) is 11.8 Å². The van der Waals surface area contributed by atoms with E-state index in [4.69, 9.17) is 10.9 Å². The van der Waals surface area contributed by atoms with Gasteiger partial charge in [-0.2, -0.15) is 0 Å². The van der Waals surface area contributed by atoms with Crippen molar-refractivity contribution in [1.82, 2.24) is 0 Å². The smallest absolute Gasteiger partial charge is 0.144 e. The third-order valence-electron chi connectivity index (χ3n) is 2.84. The lowest BCUT2D eigenvalue weighted by molar-refractivity contribution is 0.305. The van der Waals surface area contributed by atoms with Gasteiger partial charge in [-0.3, -0.25) is 0 Å². The molecule has 5 heteroatoms. The normalized spacial score (nSPS) is 12.7. The van der Waals surface area contributed by atoms with Gasteiger partial charge in [0.05, 0.1) is 0 Å². The fourth-order valence-corrected chi connectivity index (χ4v) is 2.41. The molecule has 0 radical (unpaired) electrons. The highest BCUT2D eigenvalue weighted by molar-refractivity contribution is 7.99. The number of hydrogen-bond donors (Lipinski definition) is 2. The Bertz CT molecular complexity index is 421. The number of thioether (sulfide) groups is 1. The molecule has 100 valence electrons. The number of hydrogen-bond acceptors (Lipinski definition) is 3. The van der Waals surface area contributed by atoms with E-state index in [0.717, 1.165) is 18.6 Å². The number of rotatable bonds is 6. The van der Waals surface area contributed by atoms with E-state index in [1.54, 1.807) is 12.1 Å². The van der Waals surface area contributed by atoms with Gasteiger partial charge in [-0.05, 0) is 30.7 Å². The second-order valence-electron chi connectivity index (χ2n) is 4.75. The molecule has 0 fully saturated rings. The average Bonchev–Trinajstić information content (AvgIpc) is 2.35. The summed E-state index contributed by atoms with van der Waals surface area (Å²) in [5.74, 6) is 0.861. The minimum atomic E-state index is -0.329. The van der Waals surface area contributed by atoms with Crippen molar-refractivity contribution in [2.24, 2.45) is 16.3 Å². The molecule has 1 aromatic carbocycles. The van der Waals surface area contributed by atoms with Gasteiger partial charge in [0.15, 0.2) is 0 Å². The van der Waals surface area contributed by atoms with Crippen LogP contribution in [0.25, 0.3) is 0 Å². The van der Waals surface area contributed by atoms with Gasteiger partial charge in [0.1, 0.15) is 11.7 Å². The molecule has 0 atom stereocenters. The number of benzene rings is 1. The standard InChI is InChI=1S/C13H19FN2OS/c1-13(2,12(15)16-17)8-5-9-18-11-7-4-3-6-10(11)14/h3-4,6-7,17H,5,8-9H2,1-2H3,(H2,15,16). The van der Waals surface area contributed by atoms with Gasteiger partial charge < -0.3 is 10.9 Å². The summed E-state index contributed by atoms with van der Waals surface area (Å²) in [5, 5.41) is 11.7. The molecule has 18 heavy (non-hydrogen) atoms. The van der Waals surface area contributed by atoms with Crippen molar-refractivity contribution < 1.29 is 9.60 Å². The van der Waals surface area contributed by atoms with Crippen molar-refractivity contribution in [2.45, 2.75) is 31.6 Å². The van der Waals surface area contributed by atoms with Crippen molar-refractivity contribution >= 4 is 17.6 Å². The third-order valence-corrected chi connectivity index (χ3v) is 3.98. The highest BCUT2D eigenvalue weighted by Gasteiger charge is 2.22. The van der Waals surface area contributed by atoms with Gasteiger partial charge in [0.25, 0.3) is 0 Å². The number of nitrogens with two attached hydrogens (primary N) is 1. The molecule has 0 amide bonds. The van der Waals surface area contributed by atoms with E-state index in [1.807, 2.05) is 19.9 Å². The molecule has 0 aliphatic heterocycles. The number of halogens is 1. The largest absolute Gasteiger partial charge is 0.409 e. The van der Waals surface area contributed by atoms with E-state index in [1.165, 1.54) is 17.8 Å². The summed E-state index contributed by atoms with van der Waals surface area (Å²) in [5.41, 5.74) is 5.27.